The molecular formula is C16H29NO3. The lowest BCUT2D eigenvalue weighted by Crippen LogP contribution is -2.18. The van der Waals surface area contributed by atoms with Crippen LogP contribution in [0.1, 0.15) is 39.2 Å². The molecule has 0 aliphatic carbocycles. The van der Waals surface area contributed by atoms with Crippen LogP contribution >= 0.6 is 0 Å². The number of ether oxygens (including phenoxy) is 2. The van der Waals surface area contributed by atoms with Crippen molar-refractivity contribution in [2.45, 2.75) is 40.8 Å². The van der Waals surface area contributed by atoms with Gasteiger partial charge in [-0.2, -0.15) is 0 Å². The highest BCUT2D eigenvalue weighted by Gasteiger charge is 2.03. The van der Waals surface area contributed by atoms with Crippen LogP contribution in [0.15, 0.2) is 16.5 Å². The Morgan fingerprint density at radius 2 is 1.70 bits per heavy atom. The summed E-state index contributed by atoms with van der Waals surface area (Å²) in [6, 6.07) is 3.97. The zero-order valence-corrected chi connectivity index (χ0v) is 13.3. The maximum absolute atomic E-state index is 5.68. The van der Waals surface area contributed by atoms with E-state index in [-0.39, 0.29) is 0 Å². The predicted molar refractivity (Wildman–Crippen MR) is 80.6 cm³/mol. The molecule has 0 atom stereocenters. The van der Waals surface area contributed by atoms with Crippen molar-refractivity contribution in [1.29, 1.82) is 0 Å². The average molecular weight is 283 g/mol. The van der Waals surface area contributed by atoms with Crippen molar-refractivity contribution in [3.05, 3.63) is 23.7 Å². The third-order valence-electron chi connectivity index (χ3n) is 2.64. The van der Waals surface area contributed by atoms with Crippen LogP contribution in [0.4, 0.5) is 0 Å². The van der Waals surface area contributed by atoms with Crippen LogP contribution < -0.4 is 5.32 Å². The van der Waals surface area contributed by atoms with Gasteiger partial charge in [-0.05, 0) is 30.5 Å². The number of hydrogen-bond donors (Lipinski definition) is 1. The Balaban J connectivity index is 2.08. The molecule has 1 heterocycles. The Kier molecular flexibility index (Phi) is 8.58. The van der Waals surface area contributed by atoms with Gasteiger partial charge in [0.05, 0.1) is 19.8 Å². The van der Waals surface area contributed by atoms with Crippen molar-refractivity contribution in [3.8, 4) is 0 Å². The van der Waals surface area contributed by atoms with E-state index in [4.69, 9.17) is 13.9 Å². The maximum Gasteiger partial charge on any atom is 0.129 e. The fraction of sp³-hybridized carbons (Fsp3) is 0.750. The van der Waals surface area contributed by atoms with E-state index in [1.807, 2.05) is 12.1 Å². The molecule has 1 aromatic heterocycles. The summed E-state index contributed by atoms with van der Waals surface area (Å²) in [6.07, 6.45) is 0. The molecule has 20 heavy (non-hydrogen) atoms. The molecule has 0 fully saturated rings. The highest BCUT2D eigenvalue weighted by molar-refractivity contribution is 5.06. The minimum atomic E-state index is 0.509. The first kappa shape index (κ1) is 17.2. The number of rotatable bonds is 11. The fourth-order valence-corrected chi connectivity index (χ4v) is 1.69. The second-order valence-electron chi connectivity index (χ2n) is 5.91. The van der Waals surface area contributed by atoms with Crippen molar-refractivity contribution < 1.29 is 13.9 Å². The monoisotopic (exact) mass is 283 g/mol. The lowest BCUT2D eigenvalue weighted by atomic mass is 10.2. The smallest absolute Gasteiger partial charge is 0.129 e. The minimum absolute atomic E-state index is 0.509. The van der Waals surface area contributed by atoms with Crippen molar-refractivity contribution in [2.75, 3.05) is 26.4 Å². The summed E-state index contributed by atoms with van der Waals surface area (Å²) in [5, 5.41) is 3.35. The van der Waals surface area contributed by atoms with Gasteiger partial charge < -0.3 is 19.2 Å². The molecule has 116 valence electrons. The predicted octanol–water partition coefficient (Wildman–Crippen LogP) is 3.21. The van der Waals surface area contributed by atoms with Gasteiger partial charge in [0.25, 0.3) is 0 Å². The average Bonchev–Trinajstić information content (AvgIpc) is 2.81. The zero-order chi connectivity index (χ0) is 14.8. The van der Waals surface area contributed by atoms with E-state index >= 15 is 0 Å². The van der Waals surface area contributed by atoms with Gasteiger partial charge in [-0.25, -0.2) is 0 Å². The molecule has 4 heteroatoms. The lowest BCUT2D eigenvalue weighted by Gasteiger charge is -2.07. The van der Waals surface area contributed by atoms with Gasteiger partial charge in [-0.15, -0.1) is 0 Å². The van der Waals surface area contributed by atoms with Crippen LogP contribution in [-0.4, -0.2) is 26.4 Å². The van der Waals surface area contributed by atoms with Gasteiger partial charge in [0.2, 0.25) is 0 Å². The fourth-order valence-electron chi connectivity index (χ4n) is 1.69. The standard InChI is InChI=1S/C16H29NO3/c1-13(2)9-17-10-15-5-6-16(20-15)12-19-8-7-18-11-14(3)4/h5-6,13-14,17H,7-12H2,1-4H3. The van der Waals surface area contributed by atoms with Crippen molar-refractivity contribution >= 4 is 0 Å². The van der Waals surface area contributed by atoms with Gasteiger partial charge >= 0.3 is 0 Å². The lowest BCUT2D eigenvalue weighted by molar-refractivity contribution is 0.0261. The van der Waals surface area contributed by atoms with Crippen molar-refractivity contribution in [2.24, 2.45) is 11.8 Å². The summed E-state index contributed by atoms with van der Waals surface area (Å²) in [5.74, 6) is 3.05. The third-order valence-corrected chi connectivity index (χ3v) is 2.64. The normalized spacial score (nSPS) is 11.7. The van der Waals surface area contributed by atoms with Crippen molar-refractivity contribution in [3.63, 3.8) is 0 Å². The third kappa shape index (κ3) is 8.35. The molecule has 0 aromatic carbocycles. The topological polar surface area (TPSA) is 43.6 Å². The summed E-state index contributed by atoms with van der Waals surface area (Å²) >= 11 is 0. The molecule has 1 aromatic rings. The molecule has 1 N–H and O–H groups in total. The Morgan fingerprint density at radius 1 is 1.00 bits per heavy atom. The molecule has 4 nitrogen and oxygen atoms in total. The highest BCUT2D eigenvalue weighted by atomic mass is 16.5. The summed E-state index contributed by atoms with van der Waals surface area (Å²) < 4.78 is 16.6. The Morgan fingerprint density at radius 3 is 2.40 bits per heavy atom. The van der Waals surface area contributed by atoms with Crippen LogP contribution in [0.25, 0.3) is 0 Å². The Bertz CT molecular complexity index is 347. The molecule has 0 saturated heterocycles. The van der Waals surface area contributed by atoms with E-state index in [0.29, 0.717) is 31.7 Å². The van der Waals surface area contributed by atoms with Gasteiger partial charge in [0, 0.05) is 6.61 Å². The van der Waals surface area contributed by atoms with Gasteiger partial charge in [0.15, 0.2) is 0 Å². The van der Waals surface area contributed by atoms with Crippen LogP contribution in [0, 0.1) is 11.8 Å². The molecule has 0 amide bonds. The number of hydrogen-bond acceptors (Lipinski definition) is 4. The van der Waals surface area contributed by atoms with E-state index < -0.39 is 0 Å². The first-order valence-electron chi connectivity index (χ1n) is 7.51. The molecule has 0 saturated carbocycles. The molecule has 0 radical (unpaired) electrons. The van der Waals surface area contributed by atoms with Gasteiger partial charge in [-0.3, -0.25) is 0 Å². The van der Waals surface area contributed by atoms with Crippen LogP contribution in [0.3, 0.4) is 0 Å². The first-order valence-corrected chi connectivity index (χ1v) is 7.51. The van der Waals surface area contributed by atoms with E-state index in [0.717, 1.165) is 31.2 Å². The van der Waals surface area contributed by atoms with E-state index in [1.54, 1.807) is 0 Å². The summed E-state index contributed by atoms with van der Waals surface area (Å²) in [7, 11) is 0. The molecule has 0 bridgehead atoms. The molecule has 0 aliphatic rings. The number of furan rings is 1. The first-order chi connectivity index (χ1) is 9.58. The Labute approximate surface area is 122 Å². The Hall–Kier alpha value is -0.840. The summed E-state index contributed by atoms with van der Waals surface area (Å²) in [5.41, 5.74) is 0. The SMILES string of the molecule is CC(C)CNCc1ccc(COCCOCC(C)C)o1. The van der Waals surface area contributed by atoms with Crippen LogP contribution in [0.2, 0.25) is 0 Å². The van der Waals surface area contributed by atoms with Crippen molar-refractivity contribution in [1.82, 2.24) is 5.32 Å². The molecule has 0 spiro atoms. The molecular weight excluding hydrogens is 254 g/mol. The maximum atomic E-state index is 5.68. The molecule has 0 unspecified atom stereocenters. The van der Waals surface area contributed by atoms with Gasteiger partial charge in [0.1, 0.15) is 18.1 Å². The summed E-state index contributed by atoms with van der Waals surface area (Å²) in [4.78, 5) is 0. The van der Waals surface area contributed by atoms with E-state index in [9.17, 15) is 0 Å². The number of nitrogens with one attached hydrogen (secondary N) is 1. The minimum Gasteiger partial charge on any atom is -0.462 e. The van der Waals surface area contributed by atoms with Crippen LogP contribution in [-0.2, 0) is 22.6 Å². The highest BCUT2D eigenvalue weighted by Crippen LogP contribution is 2.09. The second-order valence-corrected chi connectivity index (χ2v) is 5.91. The van der Waals surface area contributed by atoms with Gasteiger partial charge in [-0.1, -0.05) is 27.7 Å². The second kappa shape index (κ2) is 9.97. The van der Waals surface area contributed by atoms with E-state index in [2.05, 4.69) is 33.0 Å². The molecule has 0 aliphatic heterocycles. The van der Waals surface area contributed by atoms with E-state index in [1.165, 1.54) is 0 Å². The summed E-state index contributed by atoms with van der Waals surface area (Å²) in [6.45, 7) is 13.0. The quantitative estimate of drug-likeness (QED) is 0.633. The largest absolute Gasteiger partial charge is 0.462 e. The van der Waals surface area contributed by atoms with Crippen LogP contribution in [0.5, 0.6) is 0 Å². The zero-order valence-electron chi connectivity index (χ0n) is 13.3. The molecule has 1 rings (SSSR count).